The summed E-state index contributed by atoms with van der Waals surface area (Å²) in [6, 6.07) is 10.4. The first kappa shape index (κ1) is 13.6. The first-order valence-corrected chi connectivity index (χ1v) is 7.32. The molecule has 1 saturated heterocycles. The van der Waals surface area contributed by atoms with Crippen molar-refractivity contribution in [3.05, 3.63) is 35.9 Å². The smallest absolute Gasteiger partial charge is 0.244 e. The minimum absolute atomic E-state index is 0.00180. The van der Waals surface area contributed by atoms with E-state index >= 15 is 0 Å². The van der Waals surface area contributed by atoms with Gasteiger partial charge in [0.05, 0.1) is 0 Å². The molecule has 2 aliphatic rings. The van der Waals surface area contributed by atoms with Gasteiger partial charge < -0.3 is 9.64 Å². The van der Waals surface area contributed by atoms with Gasteiger partial charge in [-0.1, -0.05) is 30.3 Å². The van der Waals surface area contributed by atoms with Crippen LogP contribution in [0.2, 0.25) is 0 Å². The minimum atomic E-state index is -0.276. The molecule has 1 amide bonds. The second-order valence-electron chi connectivity index (χ2n) is 5.88. The number of nitrogens with zero attached hydrogens (tertiary/aromatic N) is 1. The Morgan fingerprint density at radius 3 is 2.70 bits per heavy atom. The van der Waals surface area contributed by atoms with Crippen molar-refractivity contribution in [1.82, 2.24) is 10.2 Å². The zero-order valence-corrected chi connectivity index (χ0v) is 12.1. The SMILES string of the molecule is COCCC(C)N1C(=O)C2(CC2)NC1c1ccccc1. The molecule has 4 heteroatoms. The molecule has 1 saturated carbocycles. The number of rotatable bonds is 5. The van der Waals surface area contributed by atoms with Gasteiger partial charge in [0, 0.05) is 19.8 Å². The van der Waals surface area contributed by atoms with Crippen LogP contribution in [0.3, 0.4) is 0 Å². The molecule has 2 fully saturated rings. The Balaban J connectivity index is 1.85. The lowest BCUT2D eigenvalue weighted by molar-refractivity contribution is -0.133. The molecule has 1 aromatic carbocycles. The molecule has 0 radical (unpaired) electrons. The Kier molecular flexibility index (Phi) is 3.52. The van der Waals surface area contributed by atoms with Crippen LogP contribution in [0.15, 0.2) is 30.3 Å². The lowest BCUT2D eigenvalue weighted by atomic mass is 10.1. The van der Waals surface area contributed by atoms with Crippen LogP contribution < -0.4 is 5.32 Å². The fourth-order valence-electron chi connectivity index (χ4n) is 3.00. The van der Waals surface area contributed by atoms with E-state index in [0.29, 0.717) is 6.61 Å². The highest BCUT2D eigenvalue weighted by atomic mass is 16.5. The molecule has 0 aromatic heterocycles. The van der Waals surface area contributed by atoms with Crippen molar-refractivity contribution in [2.75, 3.05) is 13.7 Å². The number of methoxy groups -OCH3 is 1. The molecular weight excluding hydrogens is 252 g/mol. The minimum Gasteiger partial charge on any atom is -0.385 e. The van der Waals surface area contributed by atoms with E-state index in [1.807, 2.05) is 23.1 Å². The van der Waals surface area contributed by atoms with Crippen molar-refractivity contribution >= 4 is 5.91 Å². The van der Waals surface area contributed by atoms with Crippen LogP contribution in [0.1, 0.15) is 37.9 Å². The third kappa shape index (κ3) is 2.23. The first-order valence-electron chi connectivity index (χ1n) is 7.32. The lowest BCUT2D eigenvalue weighted by Gasteiger charge is -2.30. The number of amides is 1. The summed E-state index contributed by atoms with van der Waals surface area (Å²) in [6.45, 7) is 2.79. The molecule has 3 rings (SSSR count). The van der Waals surface area contributed by atoms with Crippen molar-refractivity contribution in [2.24, 2.45) is 0 Å². The van der Waals surface area contributed by atoms with Crippen molar-refractivity contribution in [3.63, 3.8) is 0 Å². The Bertz CT molecular complexity index is 485. The maximum absolute atomic E-state index is 12.7. The Morgan fingerprint density at radius 1 is 1.40 bits per heavy atom. The first-order chi connectivity index (χ1) is 9.68. The Hall–Kier alpha value is -1.39. The lowest BCUT2D eigenvalue weighted by Crippen LogP contribution is -2.39. The molecule has 0 bridgehead atoms. The quantitative estimate of drug-likeness (QED) is 0.893. The van der Waals surface area contributed by atoms with Gasteiger partial charge in [-0.2, -0.15) is 0 Å². The molecule has 20 heavy (non-hydrogen) atoms. The number of carbonyl (C=O) groups excluding carboxylic acids is 1. The largest absolute Gasteiger partial charge is 0.385 e. The number of benzene rings is 1. The second kappa shape index (κ2) is 5.19. The Morgan fingerprint density at radius 2 is 2.10 bits per heavy atom. The highest BCUT2D eigenvalue weighted by Crippen LogP contribution is 2.46. The summed E-state index contributed by atoms with van der Waals surface area (Å²) in [7, 11) is 1.70. The maximum Gasteiger partial charge on any atom is 0.244 e. The summed E-state index contributed by atoms with van der Waals surface area (Å²) in [6.07, 6.45) is 2.78. The maximum atomic E-state index is 12.7. The highest BCUT2D eigenvalue weighted by molar-refractivity contribution is 5.92. The topological polar surface area (TPSA) is 41.6 Å². The summed E-state index contributed by atoms with van der Waals surface area (Å²) < 4.78 is 5.16. The number of nitrogens with one attached hydrogen (secondary N) is 1. The van der Waals surface area contributed by atoms with E-state index in [2.05, 4.69) is 24.4 Å². The zero-order valence-electron chi connectivity index (χ0n) is 12.1. The molecule has 2 atom stereocenters. The van der Waals surface area contributed by atoms with E-state index in [-0.39, 0.29) is 23.7 Å². The molecule has 1 aliphatic carbocycles. The van der Waals surface area contributed by atoms with Crippen LogP contribution in [0.4, 0.5) is 0 Å². The summed E-state index contributed by atoms with van der Waals surface area (Å²) in [4.78, 5) is 14.7. The Labute approximate surface area is 120 Å². The van der Waals surface area contributed by atoms with Gasteiger partial charge >= 0.3 is 0 Å². The molecule has 108 valence electrons. The number of carbonyl (C=O) groups is 1. The normalized spacial score (nSPS) is 25.2. The van der Waals surface area contributed by atoms with Gasteiger partial charge in [-0.25, -0.2) is 0 Å². The van der Waals surface area contributed by atoms with E-state index in [1.54, 1.807) is 7.11 Å². The van der Waals surface area contributed by atoms with Gasteiger partial charge in [-0.3, -0.25) is 10.1 Å². The standard InChI is InChI=1S/C16H22N2O2/c1-12(8-11-20-2)18-14(13-6-4-3-5-7-13)17-16(9-10-16)15(18)19/h3-7,12,14,17H,8-11H2,1-2H3. The van der Waals surface area contributed by atoms with Gasteiger partial charge in [0.1, 0.15) is 11.7 Å². The summed E-state index contributed by atoms with van der Waals surface area (Å²) in [5.41, 5.74) is 0.885. The van der Waals surface area contributed by atoms with Gasteiger partial charge in [0.2, 0.25) is 5.91 Å². The van der Waals surface area contributed by atoms with Crippen molar-refractivity contribution in [3.8, 4) is 0 Å². The predicted molar refractivity (Wildman–Crippen MR) is 77.1 cm³/mol. The van der Waals surface area contributed by atoms with Gasteiger partial charge in [0.25, 0.3) is 0 Å². The fourth-order valence-corrected chi connectivity index (χ4v) is 3.00. The molecule has 1 aromatic rings. The second-order valence-corrected chi connectivity index (χ2v) is 5.88. The van der Waals surface area contributed by atoms with Crippen LogP contribution in [0.5, 0.6) is 0 Å². The average molecular weight is 274 g/mol. The van der Waals surface area contributed by atoms with E-state index in [4.69, 9.17) is 4.74 Å². The summed E-state index contributed by atoms with van der Waals surface area (Å²) in [5.74, 6) is 0.259. The van der Waals surface area contributed by atoms with E-state index in [9.17, 15) is 4.79 Å². The van der Waals surface area contributed by atoms with Crippen molar-refractivity contribution < 1.29 is 9.53 Å². The number of ether oxygens (including phenoxy) is 1. The van der Waals surface area contributed by atoms with Crippen LogP contribution in [0, 0.1) is 0 Å². The predicted octanol–water partition coefficient (Wildman–Crippen LogP) is 2.07. The van der Waals surface area contributed by atoms with E-state index in [1.165, 1.54) is 0 Å². The zero-order chi connectivity index (χ0) is 14.2. The molecule has 1 heterocycles. The number of hydrogen-bond donors (Lipinski definition) is 1. The van der Waals surface area contributed by atoms with Crippen LogP contribution in [0.25, 0.3) is 0 Å². The summed E-state index contributed by atoms with van der Waals surface area (Å²) >= 11 is 0. The van der Waals surface area contributed by atoms with E-state index in [0.717, 1.165) is 24.8 Å². The third-order valence-corrected chi connectivity index (χ3v) is 4.42. The average Bonchev–Trinajstić information content (AvgIpc) is 3.19. The highest BCUT2D eigenvalue weighted by Gasteiger charge is 2.60. The molecule has 1 spiro atoms. The van der Waals surface area contributed by atoms with Crippen LogP contribution in [-0.4, -0.2) is 36.1 Å². The summed E-state index contributed by atoms with van der Waals surface area (Å²) in [5, 5.41) is 3.55. The molecule has 2 unspecified atom stereocenters. The van der Waals surface area contributed by atoms with Crippen molar-refractivity contribution in [1.29, 1.82) is 0 Å². The monoisotopic (exact) mass is 274 g/mol. The number of hydrogen-bond acceptors (Lipinski definition) is 3. The fraction of sp³-hybridized carbons (Fsp3) is 0.562. The van der Waals surface area contributed by atoms with Gasteiger partial charge in [-0.05, 0) is 31.7 Å². The van der Waals surface area contributed by atoms with Crippen LogP contribution >= 0.6 is 0 Å². The van der Waals surface area contributed by atoms with E-state index < -0.39 is 0 Å². The van der Waals surface area contributed by atoms with Gasteiger partial charge in [0.15, 0.2) is 0 Å². The third-order valence-electron chi connectivity index (χ3n) is 4.42. The molecule has 1 N–H and O–H groups in total. The van der Waals surface area contributed by atoms with Crippen LogP contribution in [-0.2, 0) is 9.53 Å². The molecule has 1 aliphatic heterocycles. The molecule has 4 nitrogen and oxygen atoms in total. The molecular formula is C16H22N2O2. The van der Waals surface area contributed by atoms with Gasteiger partial charge in [-0.15, -0.1) is 0 Å². The van der Waals surface area contributed by atoms with Crippen molar-refractivity contribution in [2.45, 2.75) is 43.9 Å².